The monoisotopic (exact) mass is 259 g/mol. The van der Waals surface area contributed by atoms with Gasteiger partial charge in [-0.3, -0.25) is 0 Å². The van der Waals surface area contributed by atoms with Crippen LogP contribution in [0.2, 0.25) is 0 Å². The Morgan fingerprint density at radius 3 is 2.42 bits per heavy atom. The molecule has 0 radical (unpaired) electrons. The van der Waals surface area contributed by atoms with Crippen molar-refractivity contribution in [2.75, 3.05) is 20.8 Å². The van der Waals surface area contributed by atoms with Crippen LogP contribution in [0.1, 0.15) is 36.4 Å². The summed E-state index contributed by atoms with van der Waals surface area (Å²) in [6, 6.07) is 9.67. The van der Waals surface area contributed by atoms with Crippen molar-refractivity contribution in [3.8, 4) is 0 Å². The first-order chi connectivity index (χ1) is 9.31. The van der Waals surface area contributed by atoms with E-state index in [1.807, 2.05) is 0 Å². The van der Waals surface area contributed by atoms with Gasteiger partial charge in [-0.1, -0.05) is 24.3 Å². The first kappa shape index (κ1) is 13.1. The Kier molecular flexibility index (Phi) is 3.90. The molecule has 0 amide bonds. The first-order valence-corrected chi connectivity index (χ1v) is 7.57. The topological polar surface area (TPSA) is 21.3 Å². The molecule has 2 aliphatic rings. The first-order valence-electron chi connectivity index (χ1n) is 7.57. The predicted octanol–water partition coefficient (Wildman–Crippen LogP) is 3.18. The van der Waals surface area contributed by atoms with E-state index in [0.29, 0.717) is 6.04 Å². The molecule has 2 fully saturated rings. The lowest BCUT2D eigenvalue weighted by Crippen LogP contribution is -2.24. The number of rotatable bonds is 6. The van der Waals surface area contributed by atoms with Crippen molar-refractivity contribution in [2.24, 2.45) is 17.8 Å². The zero-order valence-corrected chi connectivity index (χ0v) is 12.1. The van der Waals surface area contributed by atoms with E-state index < -0.39 is 0 Å². The maximum atomic E-state index is 5.13. The molecule has 3 atom stereocenters. The summed E-state index contributed by atoms with van der Waals surface area (Å²) in [5, 5.41) is 3.54. The van der Waals surface area contributed by atoms with E-state index in [4.69, 9.17) is 4.74 Å². The molecule has 3 unspecified atom stereocenters. The Hall–Kier alpha value is -0.860. The number of fused-ring (bicyclic) bond motifs is 1. The summed E-state index contributed by atoms with van der Waals surface area (Å²) in [5.74, 6) is 2.96. The molecule has 0 saturated heterocycles. The molecule has 0 bridgehead atoms. The minimum absolute atomic E-state index is 0.546. The highest BCUT2D eigenvalue weighted by Gasteiger charge is 2.47. The van der Waals surface area contributed by atoms with Gasteiger partial charge in [0.2, 0.25) is 0 Å². The molecular weight excluding hydrogens is 234 g/mol. The van der Waals surface area contributed by atoms with Gasteiger partial charge in [-0.15, -0.1) is 0 Å². The van der Waals surface area contributed by atoms with Crippen LogP contribution in [0.15, 0.2) is 24.3 Å². The number of hydrogen-bond donors (Lipinski definition) is 1. The molecule has 2 nitrogen and oxygen atoms in total. The SMILES string of the molecule is CNC(c1ccc(CCOC)cc1)C1CC2CC2C1. The highest BCUT2D eigenvalue weighted by molar-refractivity contribution is 5.26. The van der Waals surface area contributed by atoms with Crippen LogP contribution in [-0.2, 0) is 11.2 Å². The van der Waals surface area contributed by atoms with E-state index >= 15 is 0 Å². The van der Waals surface area contributed by atoms with Crippen LogP contribution in [0.5, 0.6) is 0 Å². The van der Waals surface area contributed by atoms with Crippen molar-refractivity contribution >= 4 is 0 Å². The molecule has 1 N–H and O–H groups in total. The summed E-state index contributed by atoms with van der Waals surface area (Å²) >= 11 is 0. The fourth-order valence-corrected chi connectivity index (χ4v) is 3.82. The van der Waals surface area contributed by atoms with Gasteiger partial charge in [0, 0.05) is 13.2 Å². The van der Waals surface area contributed by atoms with Crippen molar-refractivity contribution in [1.82, 2.24) is 5.32 Å². The third-order valence-electron chi connectivity index (χ3n) is 5.00. The lowest BCUT2D eigenvalue weighted by molar-refractivity contribution is 0.202. The van der Waals surface area contributed by atoms with Crippen molar-refractivity contribution in [2.45, 2.75) is 31.7 Å². The maximum absolute atomic E-state index is 5.13. The van der Waals surface area contributed by atoms with Gasteiger partial charge in [-0.25, -0.2) is 0 Å². The Morgan fingerprint density at radius 1 is 1.16 bits per heavy atom. The molecule has 1 aromatic rings. The third-order valence-corrected chi connectivity index (χ3v) is 5.00. The summed E-state index contributed by atoms with van der Waals surface area (Å²) in [6.07, 6.45) is 5.38. The van der Waals surface area contributed by atoms with Crippen LogP contribution < -0.4 is 5.32 Å². The second kappa shape index (κ2) is 5.64. The Balaban J connectivity index is 1.65. The molecule has 0 spiro atoms. The molecule has 3 rings (SSSR count). The fraction of sp³-hybridized carbons (Fsp3) is 0.647. The van der Waals surface area contributed by atoms with E-state index in [2.05, 4.69) is 36.6 Å². The van der Waals surface area contributed by atoms with Crippen molar-refractivity contribution < 1.29 is 4.74 Å². The normalized spacial score (nSPS) is 30.1. The van der Waals surface area contributed by atoms with Crippen LogP contribution in [-0.4, -0.2) is 20.8 Å². The summed E-state index contributed by atoms with van der Waals surface area (Å²) in [6.45, 7) is 0.806. The minimum Gasteiger partial charge on any atom is -0.384 e. The standard InChI is InChI=1S/C17H25NO/c1-18-17(16-10-14-9-15(14)11-16)13-5-3-12(4-6-13)7-8-19-2/h3-6,14-18H,7-11H2,1-2H3. The molecule has 0 heterocycles. The zero-order valence-electron chi connectivity index (χ0n) is 12.1. The summed E-state index contributed by atoms with van der Waals surface area (Å²) in [4.78, 5) is 0. The molecule has 0 aromatic heterocycles. The van der Waals surface area contributed by atoms with E-state index in [-0.39, 0.29) is 0 Å². The van der Waals surface area contributed by atoms with Crippen molar-refractivity contribution in [3.05, 3.63) is 35.4 Å². The number of benzene rings is 1. The van der Waals surface area contributed by atoms with Crippen LogP contribution in [0.3, 0.4) is 0 Å². The zero-order chi connectivity index (χ0) is 13.2. The van der Waals surface area contributed by atoms with Gasteiger partial charge in [0.15, 0.2) is 0 Å². The van der Waals surface area contributed by atoms with Crippen molar-refractivity contribution in [1.29, 1.82) is 0 Å². The minimum atomic E-state index is 0.546. The molecule has 2 aliphatic carbocycles. The molecule has 2 heteroatoms. The summed E-state index contributed by atoms with van der Waals surface area (Å²) in [7, 11) is 3.87. The van der Waals surface area contributed by atoms with Gasteiger partial charge in [-0.05, 0) is 61.6 Å². The smallest absolute Gasteiger partial charge is 0.0502 e. The fourth-order valence-electron chi connectivity index (χ4n) is 3.82. The largest absolute Gasteiger partial charge is 0.384 e. The molecule has 19 heavy (non-hydrogen) atoms. The third kappa shape index (κ3) is 2.85. The van der Waals surface area contributed by atoms with E-state index in [9.17, 15) is 0 Å². The summed E-state index contributed by atoms with van der Waals surface area (Å²) < 4.78 is 5.13. The van der Waals surface area contributed by atoms with E-state index in [1.165, 1.54) is 30.4 Å². The van der Waals surface area contributed by atoms with Crippen LogP contribution in [0.25, 0.3) is 0 Å². The molecular formula is C17H25NO. The lowest BCUT2D eigenvalue weighted by atomic mass is 9.89. The van der Waals surface area contributed by atoms with Gasteiger partial charge in [-0.2, -0.15) is 0 Å². The number of hydrogen-bond acceptors (Lipinski definition) is 2. The molecule has 104 valence electrons. The number of ether oxygens (including phenoxy) is 1. The average Bonchev–Trinajstić information content (AvgIpc) is 3.06. The van der Waals surface area contributed by atoms with Gasteiger partial charge in [0.25, 0.3) is 0 Å². The Morgan fingerprint density at radius 2 is 1.84 bits per heavy atom. The van der Waals surface area contributed by atoms with Crippen LogP contribution >= 0.6 is 0 Å². The number of methoxy groups -OCH3 is 1. The Bertz CT molecular complexity index is 404. The quantitative estimate of drug-likeness (QED) is 0.847. The van der Waals surface area contributed by atoms with Crippen molar-refractivity contribution in [3.63, 3.8) is 0 Å². The van der Waals surface area contributed by atoms with Gasteiger partial charge in [0.05, 0.1) is 6.61 Å². The number of nitrogens with one attached hydrogen (secondary N) is 1. The van der Waals surface area contributed by atoms with Gasteiger partial charge >= 0.3 is 0 Å². The second-order valence-electron chi connectivity index (χ2n) is 6.24. The average molecular weight is 259 g/mol. The van der Waals surface area contributed by atoms with Crippen LogP contribution in [0, 0.1) is 17.8 Å². The second-order valence-corrected chi connectivity index (χ2v) is 6.24. The molecule has 2 saturated carbocycles. The van der Waals surface area contributed by atoms with E-state index in [0.717, 1.165) is 30.8 Å². The lowest BCUT2D eigenvalue weighted by Gasteiger charge is -2.25. The van der Waals surface area contributed by atoms with Gasteiger partial charge < -0.3 is 10.1 Å². The van der Waals surface area contributed by atoms with Gasteiger partial charge in [0.1, 0.15) is 0 Å². The predicted molar refractivity (Wildman–Crippen MR) is 78.1 cm³/mol. The molecule has 0 aliphatic heterocycles. The molecule has 1 aromatic carbocycles. The van der Waals surface area contributed by atoms with Crippen LogP contribution in [0.4, 0.5) is 0 Å². The maximum Gasteiger partial charge on any atom is 0.0502 e. The summed E-state index contributed by atoms with van der Waals surface area (Å²) in [5.41, 5.74) is 2.82. The highest BCUT2D eigenvalue weighted by atomic mass is 16.5. The van der Waals surface area contributed by atoms with E-state index in [1.54, 1.807) is 7.11 Å². The Labute approximate surface area is 116 Å². The highest BCUT2D eigenvalue weighted by Crippen LogP contribution is 2.57.